The number of ether oxygens (including phenoxy) is 8. The summed E-state index contributed by atoms with van der Waals surface area (Å²) in [6.45, 7) is 2.25. The van der Waals surface area contributed by atoms with Crippen molar-refractivity contribution >= 4 is 35.9 Å². The number of carbonyl (C=O) groups excluding carboxylic acids is 6. The monoisotopic (exact) mass is 733 g/mol. The molecular weight excluding hydrogens is 694 g/mol. The number of esters is 5. The number of carbonyl (C=O) groups is 6. The van der Waals surface area contributed by atoms with E-state index in [1.807, 2.05) is 48.5 Å². The van der Waals surface area contributed by atoms with Gasteiger partial charge >= 0.3 is 35.9 Å². The number of rotatable bonds is 13. The van der Waals surface area contributed by atoms with Crippen LogP contribution in [0.25, 0.3) is 11.1 Å². The topological polar surface area (TPSA) is 188 Å². The molecule has 2 aliphatic rings. The van der Waals surface area contributed by atoms with Crippen LogP contribution in [-0.2, 0) is 68.5 Å². The molecule has 1 saturated heterocycles. The van der Waals surface area contributed by atoms with Crippen LogP contribution in [0.3, 0.4) is 0 Å². The summed E-state index contributed by atoms with van der Waals surface area (Å²) in [5.74, 6) is -4.88. The van der Waals surface area contributed by atoms with Gasteiger partial charge in [0, 0.05) is 26.7 Å². The fourth-order valence-corrected chi connectivity index (χ4v) is 6.19. The third-order valence-corrected chi connectivity index (χ3v) is 8.41. The highest BCUT2D eigenvalue weighted by Gasteiger charge is 2.55. The Hall–Kier alpha value is -5.80. The quantitative estimate of drug-likeness (QED) is 0.199. The van der Waals surface area contributed by atoms with Crippen molar-refractivity contribution in [3.63, 3.8) is 0 Å². The fourth-order valence-electron chi connectivity index (χ4n) is 6.19. The van der Waals surface area contributed by atoms with Crippen molar-refractivity contribution in [2.24, 2.45) is 0 Å². The second kappa shape index (κ2) is 17.6. The van der Waals surface area contributed by atoms with E-state index in [2.05, 4.69) is 5.32 Å². The third-order valence-electron chi connectivity index (χ3n) is 8.41. The number of methoxy groups -OCH3 is 1. The maximum absolute atomic E-state index is 13.5. The summed E-state index contributed by atoms with van der Waals surface area (Å²) in [5, 5.41) is 2.47. The van der Waals surface area contributed by atoms with Gasteiger partial charge in [0.25, 0.3) is 0 Å². The lowest BCUT2D eigenvalue weighted by Gasteiger charge is -2.43. The van der Waals surface area contributed by atoms with Gasteiger partial charge in [0.2, 0.25) is 0 Å². The van der Waals surface area contributed by atoms with E-state index in [1.54, 1.807) is 30.3 Å². The number of hydrogen-bond donors (Lipinski definition) is 1. The van der Waals surface area contributed by atoms with E-state index >= 15 is 0 Å². The number of alkyl carbamates (subject to hydrolysis) is 1. The van der Waals surface area contributed by atoms with Gasteiger partial charge in [0.15, 0.2) is 36.7 Å². The van der Waals surface area contributed by atoms with E-state index in [0.717, 1.165) is 50.1 Å². The van der Waals surface area contributed by atoms with Crippen molar-refractivity contribution in [1.82, 2.24) is 5.32 Å². The smallest absolute Gasteiger partial charge is 0.407 e. The molecular formula is C38H39NO14. The summed E-state index contributed by atoms with van der Waals surface area (Å²) >= 11 is 0. The zero-order valence-corrected chi connectivity index (χ0v) is 29.4. The molecule has 0 spiro atoms. The molecule has 1 fully saturated rings. The van der Waals surface area contributed by atoms with E-state index in [0.29, 0.717) is 5.56 Å². The van der Waals surface area contributed by atoms with Gasteiger partial charge in [-0.1, -0.05) is 78.9 Å². The Kier molecular flexibility index (Phi) is 12.8. The first-order valence-electron chi connectivity index (χ1n) is 16.7. The van der Waals surface area contributed by atoms with Crippen LogP contribution in [0.15, 0.2) is 78.9 Å². The molecule has 0 saturated carbocycles. The van der Waals surface area contributed by atoms with Crippen LogP contribution < -0.4 is 5.32 Å². The maximum Gasteiger partial charge on any atom is 0.407 e. The highest BCUT2D eigenvalue weighted by Crippen LogP contribution is 2.44. The number of benzene rings is 3. The van der Waals surface area contributed by atoms with Gasteiger partial charge in [0.1, 0.15) is 13.2 Å². The first-order chi connectivity index (χ1) is 25.5. The van der Waals surface area contributed by atoms with Gasteiger partial charge in [-0.3, -0.25) is 14.4 Å². The zero-order chi connectivity index (χ0) is 38.1. The first-order valence-corrected chi connectivity index (χ1v) is 16.7. The molecule has 1 amide bonds. The average molecular weight is 734 g/mol. The molecule has 0 aromatic heterocycles. The second-order valence-electron chi connectivity index (χ2n) is 12.1. The standard InChI is InChI=1S/C38H39NO14/c1-21(40)50-31-32(51-22(2)41)34(52-23(3)42)37(53-33(31)36(44)46-4)48-20-30(35(43)47-18-24-12-6-5-7-13-24)39-38(45)49-19-29-27-16-10-8-14-25(27)26-15-9-11-17-28(26)29/h5-17,29-34,37H,18-20H2,1-4H3,(H,39,45)/t30-,31-,32-,33-,34+,37+/m0/s1. The number of fused-ring (bicyclic) bond motifs is 3. The molecule has 280 valence electrons. The van der Waals surface area contributed by atoms with E-state index in [9.17, 15) is 28.8 Å². The van der Waals surface area contributed by atoms with E-state index < -0.39 is 79.3 Å². The molecule has 1 N–H and O–H groups in total. The summed E-state index contributed by atoms with van der Waals surface area (Å²) in [5.41, 5.74) is 4.66. The second-order valence-corrected chi connectivity index (χ2v) is 12.1. The number of amides is 1. The maximum atomic E-state index is 13.5. The molecule has 0 unspecified atom stereocenters. The Bertz CT molecular complexity index is 1770. The molecule has 0 bridgehead atoms. The molecule has 3 aromatic rings. The minimum atomic E-state index is -1.73. The van der Waals surface area contributed by atoms with Gasteiger partial charge in [-0.05, 0) is 27.8 Å². The Labute approximate surface area is 304 Å². The van der Waals surface area contributed by atoms with Crippen LogP contribution in [0.5, 0.6) is 0 Å². The average Bonchev–Trinajstić information content (AvgIpc) is 3.46. The van der Waals surface area contributed by atoms with E-state index in [1.165, 1.54) is 0 Å². The van der Waals surface area contributed by atoms with Crippen molar-refractivity contribution in [3.8, 4) is 11.1 Å². The minimum absolute atomic E-state index is 0.0603. The third kappa shape index (κ3) is 9.55. The summed E-state index contributed by atoms with van der Waals surface area (Å²) in [6, 6.07) is 22.8. The Morgan fingerprint density at radius 2 is 1.25 bits per heavy atom. The Balaban J connectivity index is 1.36. The predicted molar refractivity (Wildman–Crippen MR) is 182 cm³/mol. The van der Waals surface area contributed by atoms with Crippen molar-refractivity contribution < 1.29 is 66.7 Å². The normalized spacial score (nSPS) is 20.8. The lowest BCUT2D eigenvalue weighted by atomic mass is 9.97. The van der Waals surface area contributed by atoms with Crippen LogP contribution >= 0.6 is 0 Å². The van der Waals surface area contributed by atoms with Crippen LogP contribution in [0.1, 0.15) is 43.4 Å². The Morgan fingerprint density at radius 3 is 1.83 bits per heavy atom. The number of nitrogens with one attached hydrogen (secondary N) is 1. The van der Waals surface area contributed by atoms with Crippen molar-refractivity contribution in [2.75, 3.05) is 20.3 Å². The van der Waals surface area contributed by atoms with Gasteiger partial charge in [0.05, 0.1) is 13.7 Å². The molecule has 6 atom stereocenters. The minimum Gasteiger partial charge on any atom is -0.467 e. The summed E-state index contributed by atoms with van der Waals surface area (Å²) < 4.78 is 43.6. The molecule has 5 rings (SSSR count). The SMILES string of the molecule is COC(=O)[C@H]1O[C@@H](OC[C@H](NC(=O)OCC2c3ccccc3-c3ccccc32)C(=O)OCc2ccccc2)[C@H](OC(C)=O)[C@@H](OC(C)=O)[C@@H]1OC(C)=O. The lowest BCUT2D eigenvalue weighted by molar-refractivity contribution is -0.302. The predicted octanol–water partition coefficient (Wildman–Crippen LogP) is 3.35. The van der Waals surface area contributed by atoms with E-state index in [-0.39, 0.29) is 19.1 Å². The van der Waals surface area contributed by atoms with Gasteiger partial charge in [-0.2, -0.15) is 0 Å². The lowest BCUT2D eigenvalue weighted by Crippen LogP contribution is -2.64. The van der Waals surface area contributed by atoms with Crippen LogP contribution in [-0.4, -0.2) is 93.0 Å². The van der Waals surface area contributed by atoms with Gasteiger partial charge in [-0.25, -0.2) is 14.4 Å². The molecule has 15 nitrogen and oxygen atoms in total. The van der Waals surface area contributed by atoms with E-state index in [4.69, 9.17) is 37.9 Å². The van der Waals surface area contributed by atoms with Crippen LogP contribution in [0.4, 0.5) is 4.79 Å². The molecule has 53 heavy (non-hydrogen) atoms. The highest BCUT2D eigenvalue weighted by atomic mass is 16.7. The van der Waals surface area contributed by atoms with Crippen molar-refractivity contribution in [3.05, 3.63) is 95.6 Å². The van der Waals surface area contributed by atoms with Crippen LogP contribution in [0, 0.1) is 0 Å². The highest BCUT2D eigenvalue weighted by molar-refractivity contribution is 5.82. The van der Waals surface area contributed by atoms with Crippen LogP contribution in [0.2, 0.25) is 0 Å². The molecule has 15 heteroatoms. The molecule has 1 aliphatic carbocycles. The first kappa shape index (κ1) is 38.4. The molecule has 1 aliphatic heterocycles. The largest absolute Gasteiger partial charge is 0.467 e. The zero-order valence-electron chi connectivity index (χ0n) is 29.4. The fraction of sp³-hybridized carbons (Fsp3) is 0.368. The van der Waals surface area contributed by atoms with Crippen molar-refractivity contribution in [2.45, 2.75) is 70.0 Å². The van der Waals surface area contributed by atoms with Gasteiger partial charge in [-0.15, -0.1) is 0 Å². The van der Waals surface area contributed by atoms with Crippen molar-refractivity contribution in [1.29, 1.82) is 0 Å². The van der Waals surface area contributed by atoms with Gasteiger partial charge < -0.3 is 43.2 Å². The number of hydrogen-bond acceptors (Lipinski definition) is 14. The molecule has 1 heterocycles. The summed E-state index contributed by atoms with van der Waals surface area (Å²) in [7, 11) is 1.04. The summed E-state index contributed by atoms with van der Waals surface area (Å²) in [6.07, 6.45) is -9.31. The molecule has 0 radical (unpaired) electrons. The molecule has 3 aromatic carbocycles. The summed E-state index contributed by atoms with van der Waals surface area (Å²) in [4.78, 5) is 76.0. The Morgan fingerprint density at radius 1 is 0.698 bits per heavy atom.